The molecule has 5 unspecified atom stereocenters. The van der Waals surface area contributed by atoms with Crippen LogP contribution in [0, 0.1) is 35.5 Å². The molecule has 0 heterocycles. The van der Waals surface area contributed by atoms with Gasteiger partial charge >= 0.3 is 0 Å². The zero-order chi connectivity index (χ0) is 16.1. The highest BCUT2D eigenvalue weighted by Gasteiger charge is 2.56. The van der Waals surface area contributed by atoms with E-state index in [-0.39, 0.29) is 0 Å². The summed E-state index contributed by atoms with van der Waals surface area (Å²) in [5, 5.41) is 0. The van der Waals surface area contributed by atoms with E-state index in [0.29, 0.717) is 11.3 Å². The van der Waals surface area contributed by atoms with Crippen LogP contribution < -0.4 is 0 Å². The summed E-state index contributed by atoms with van der Waals surface area (Å²) in [6, 6.07) is 0. The fourth-order valence-electron chi connectivity index (χ4n) is 5.80. The highest BCUT2D eigenvalue weighted by molar-refractivity contribution is 5.27. The average molecular weight is 313 g/mol. The summed E-state index contributed by atoms with van der Waals surface area (Å²) < 4.78 is 0. The predicted molar refractivity (Wildman–Crippen MR) is 100 cm³/mol. The van der Waals surface area contributed by atoms with Crippen molar-refractivity contribution in [2.45, 2.75) is 84.5 Å². The van der Waals surface area contributed by atoms with Gasteiger partial charge in [0.05, 0.1) is 0 Å². The first-order valence-corrected chi connectivity index (χ1v) is 10.4. The van der Waals surface area contributed by atoms with Crippen LogP contribution in [0.25, 0.3) is 0 Å². The lowest BCUT2D eigenvalue weighted by atomic mass is 9.57. The lowest BCUT2D eigenvalue weighted by Gasteiger charge is -2.47. The van der Waals surface area contributed by atoms with Crippen molar-refractivity contribution >= 4 is 0 Å². The first kappa shape index (κ1) is 17.3. The second-order valence-electron chi connectivity index (χ2n) is 8.24. The van der Waals surface area contributed by atoms with E-state index in [4.69, 9.17) is 0 Å². The Morgan fingerprint density at radius 3 is 2.57 bits per heavy atom. The summed E-state index contributed by atoms with van der Waals surface area (Å²) in [5.41, 5.74) is 0.440. The van der Waals surface area contributed by atoms with Gasteiger partial charge in [-0.15, -0.1) is 0 Å². The molecule has 3 aliphatic carbocycles. The van der Waals surface area contributed by atoms with Crippen LogP contribution in [-0.2, 0) is 0 Å². The third-order valence-corrected chi connectivity index (χ3v) is 6.89. The van der Waals surface area contributed by atoms with Crippen molar-refractivity contribution < 1.29 is 0 Å². The number of hydrogen-bond donors (Lipinski definition) is 0. The third-order valence-electron chi connectivity index (χ3n) is 6.89. The molecule has 0 aliphatic heterocycles. The van der Waals surface area contributed by atoms with Gasteiger partial charge in [0.25, 0.3) is 0 Å². The standard InChI is InChI=1S/C23H36/c1-3-5-7-13-20-14-11-16-22-21-15-9-8-12-19(21)18-23(20,22)17-10-6-4-2/h8-9,12,15,19-22H,3-7,10-11,13-14,16-17H2,1-2H3. The van der Waals surface area contributed by atoms with Gasteiger partial charge in [0.1, 0.15) is 0 Å². The molecular weight excluding hydrogens is 276 g/mol. The van der Waals surface area contributed by atoms with E-state index in [2.05, 4.69) is 44.6 Å². The van der Waals surface area contributed by atoms with Crippen LogP contribution in [-0.4, -0.2) is 0 Å². The van der Waals surface area contributed by atoms with Crippen LogP contribution in [0.3, 0.4) is 0 Å². The molecule has 0 saturated heterocycles. The molecule has 2 radical (unpaired) electrons. The van der Waals surface area contributed by atoms with E-state index in [1.54, 1.807) is 0 Å². The molecule has 0 N–H and O–H groups in total. The van der Waals surface area contributed by atoms with Crippen LogP contribution in [0.5, 0.6) is 0 Å². The SMILES string of the molecule is CCCCCC1CCCC2C3C=CC=CC3[C]C12CCCCC. The fraction of sp³-hybridized carbons (Fsp3) is 0.783. The molecule has 0 aromatic rings. The Morgan fingerprint density at radius 1 is 0.957 bits per heavy atom. The van der Waals surface area contributed by atoms with Gasteiger partial charge in [-0.3, -0.25) is 0 Å². The Labute approximate surface area is 144 Å². The first-order valence-electron chi connectivity index (χ1n) is 10.4. The van der Waals surface area contributed by atoms with Gasteiger partial charge in [0.2, 0.25) is 0 Å². The van der Waals surface area contributed by atoms with Crippen molar-refractivity contribution in [3.63, 3.8) is 0 Å². The molecular formula is C23H36. The lowest BCUT2D eigenvalue weighted by molar-refractivity contribution is 0.0462. The number of hydrogen-bond acceptors (Lipinski definition) is 0. The summed E-state index contributed by atoms with van der Waals surface area (Å²) in [6.07, 6.45) is 29.3. The summed E-state index contributed by atoms with van der Waals surface area (Å²) in [4.78, 5) is 0. The van der Waals surface area contributed by atoms with Crippen LogP contribution in [0.1, 0.15) is 84.5 Å². The van der Waals surface area contributed by atoms with E-state index in [9.17, 15) is 0 Å². The molecule has 0 aromatic heterocycles. The minimum Gasteiger partial charge on any atom is -0.0805 e. The van der Waals surface area contributed by atoms with E-state index in [1.807, 2.05) is 0 Å². The lowest BCUT2D eigenvalue weighted by Crippen LogP contribution is -2.39. The molecule has 0 spiro atoms. The Bertz CT molecular complexity index is 418. The van der Waals surface area contributed by atoms with Gasteiger partial charge in [-0.2, -0.15) is 0 Å². The van der Waals surface area contributed by atoms with Crippen molar-refractivity contribution in [3.8, 4) is 0 Å². The van der Waals surface area contributed by atoms with Crippen LogP contribution in [0.15, 0.2) is 24.3 Å². The summed E-state index contributed by atoms with van der Waals surface area (Å²) in [5.74, 6) is 3.16. The predicted octanol–water partition coefficient (Wildman–Crippen LogP) is 7.00. The van der Waals surface area contributed by atoms with Crippen LogP contribution in [0.4, 0.5) is 0 Å². The molecule has 2 fully saturated rings. The summed E-state index contributed by atoms with van der Waals surface area (Å²) >= 11 is 0. The smallest absolute Gasteiger partial charge is 0.00193 e. The first-order chi connectivity index (χ1) is 11.3. The molecule has 0 bridgehead atoms. The topological polar surface area (TPSA) is 0 Å². The third kappa shape index (κ3) is 3.47. The zero-order valence-electron chi connectivity index (χ0n) is 15.4. The molecule has 5 atom stereocenters. The largest absolute Gasteiger partial charge is 0.0805 e. The number of unbranched alkanes of at least 4 members (excludes halogenated alkanes) is 4. The van der Waals surface area contributed by atoms with Gasteiger partial charge in [0, 0.05) is 0 Å². The monoisotopic (exact) mass is 312 g/mol. The van der Waals surface area contributed by atoms with Crippen molar-refractivity contribution in [2.75, 3.05) is 0 Å². The van der Waals surface area contributed by atoms with E-state index in [0.717, 1.165) is 17.8 Å². The Hall–Kier alpha value is -0.520. The van der Waals surface area contributed by atoms with E-state index < -0.39 is 0 Å². The van der Waals surface area contributed by atoms with Gasteiger partial charge in [0.15, 0.2) is 0 Å². The maximum Gasteiger partial charge on any atom is -0.00193 e. The Kier molecular flexibility index (Phi) is 6.05. The van der Waals surface area contributed by atoms with Gasteiger partial charge in [-0.1, -0.05) is 83.1 Å². The summed E-state index contributed by atoms with van der Waals surface area (Å²) in [6.45, 7) is 4.67. The van der Waals surface area contributed by atoms with Gasteiger partial charge < -0.3 is 0 Å². The van der Waals surface area contributed by atoms with Gasteiger partial charge in [-0.25, -0.2) is 0 Å². The van der Waals surface area contributed by atoms with E-state index >= 15 is 0 Å². The molecule has 23 heavy (non-hydrogen) atoms. The minimum atomic E-state index is 0.440. The second-order valence-corrected chi connectivity index (χ2v) is 8.24. The quantitative estimate of drug-likeness (QED) is 0.423. The maximum atomic E-state index is 4.21. The highest BCUT2D eigenvalue weighted by Crippen LogP contribution is 2.63. The maximum absolute atomic E-state index is 4.21. The van der Waals surface area contributed by atoms with Crippen LogP contribution in [0.2, 0.25) is 0 Å². The van der Waals surface area contributed by atoms with E-state index in [1.165, 1.54) is 70.6 Å². The zero-order valence-corrected chi connectivity index (χ0v) is 15.4. The molecule has 2 saturated carbocycles. The molecule has 0 heteroatoms. The average Bonchev–Trinajstić information content (AvgIpc) is 2.91. The van der Waals surface area contributed by atoms with Crippen molar-refractivity contribution in [2.24, 2.45) is 29.1 Å². The number of fused-ring (bicyclic) bond motifs is 3. The molecule has 0 amide bonds. The highest BCUT2D eigenvalue weighted by atomic mass is 14.6. The molecule has 3 aliphatic rings. The van der Waals surface area contributed by atoms with Crippen LogP contribution >= 0.6 is 0 Å². The fourth-order valence-corrected chi connectivity index (χ4v) is 5.80. The molecule has 128 valence electrons. The normalized spacial score (nSPS) is 38.5. The molecule has 0 aromatic carbocycles. The van der Waals surface area contributed by atoms with Crippen molar-refractivity contribution in [3.05, 3.63) is 30.7 Å². The summed E-state index contributed by atoms with van der Waals surface area (Å²) in [7, 11) is 0. The Balaban J connectivity index is 1.79. The second kappa shape index (κ2) is 8.04. The number of rotatable bonds is 8. The molecule has 3 rings (SSSR count). The number of allylic oxidation sites excluding steroid dienone is 4. The molecule has 0 nitrogen and oxygen atoms in total. The van der Waals surface area contributed by atoms with Crippen molar-refractivity contribution in [1.29, 1.82) is 0 Å². The van der Waals surface area contributed by atoms with Gasteiger partial charge in [-0.05, 0) is 61.2 Å². The Morgan fingerprint density at radius 2 is 1.74 bits per heavy atom. The van der Waals surface area contributed by atoms with Crippen molar-refractivity contribution in [1.82, 2.24) is 0 Å². The minimum absolute atomic E-state index is 0.440.